The number of carbonyl (C=O) groups excluding carboxylic acids is 2. The Morgan fingerprint density at radius 2 is 1.86 bits per heavy atom. The van der Waals surface area contributed by atoms with E-state index in [-0.39, 0.29) is 24.8 Å². The van der Waals surface area contributed by atoms with Gasteiger partial charge in [-0.3, -0.25) is 15.5 Å². The first-order valence-electron chi connectivity index (χ1n) is 14.1. The third-order valence-electron chi connectivity index (χ3n) is 6.52. The predicted molar refractivity (Wildman–Crippen MR) is 162 cm³/mol. The quantitative estimate of drug-likeness (QED) is 0.201. The zero-order valence-corrected chi connectivity index (χ0v) is 25.5. The maximum absolute atomic E-state index is 12.5. The molecule has 1 aromatic carbocycles. The summed E-state index contributed by atoms with van der Waals surface area (Å²) in [6.07, 6.45) is 5.85. The van der Waals surface area contributed by atoms with Gasteiger partial charge < -0.3 is 14.8 Å². The fraction of sp³-hybridized carbons (Fsp3) is 0.467. The number of hydrogen-bond donors (Lipinski definition) is 4. The number of aromatic nitrogens is 2. The lowest BCUT2D eigenvalue weighted by Crippen LogP contribution is -2.47. The maximum atomic E-state index is 12.5. The Kier molecular flexibility index (Phi) is 10.4. The van der Waals surface area contributed by atoms with Crippen LogP contribution in [0.15, 0.2) is 48.8 Å². The number of benzene rings is 1. The number of nitrogens with zero attached hydrogens (tertiary/aromatic N) is 3. The molecule has 0 bridgehead atoms. The van der Waals surface area contributed by atoms with Crippen LogP contribution in [0, 0.1) is 0 Å². The first-order valence-corrected chi connectivity index (χ1v) is 15.0. The largest absolute Gasteiger partial charge is 0.447 e. The van der Waals surface area contributed by atoms with Gasteiger partial charge in [-0.15, -0.1) is 11.3 Å². The molecule has 3 aromatic rings. The van der Waals surface area contributed by atoms with E-state index >= 15 is 0 Å². The molecule has 2 heterocycles. The minimum absolute atomic E-state index is 0.0406. The van der Waals surface area contributed by atoms with Crippen molar-refractivity contribution in [3.8, 4) is 10.4 Å². The highest BCUT2D eigenvalue weighted by atomic mass is 32.1. The fourth-order valence-electron chi connectivity index (χ4n) is 4.65. The smallest absolute Gasteiger partial charge is 0.412 e. The summed E-state index contributed by atoms with van der Waals surface area (Å²) in [5.41, 5.74) is 4.94. The van der Waals surface area contributed by atoms with Gasteiger partial charge in [0.15, 0.2) is 0 Å². The molecule has 0 atom stereocenters. The summed E-state index contributed by atoms with van der Waals surface area (Å²) in [6, 6.07) is 10.8. The number of carbonyl (C=O) groups is 2. The average Bonchev–Trinajstić information content (AvgIpc) is 3.42. The van der Waals surface area contributed by atoms with E-state index in [4.69, 9.17) is 14.5 Å². The van der Waals surface area contributed by atoms with Crippen LogP contribution in [-0.4, -0.2) is 45.0 Å². The van der Waals surface area contributed by atoms with Crippen LogP contribution in [0.5, 0.6) is 0 Å². The minimum atomic E-state index is -0.629. The number of anilines is 2. The molecule has 4 rings (SSSR count). The van der Waals surface area contributed by atoms with Gasteiger partial charge in [0, 0.05) is 41.1 Å². The molecule has 4 N–H and O–H groups in total. The van der Waals surface area contributed by atoms with Gasteiger partial charge in [-0.05, 0) is 90.6 Å². The van der Waals surface area contributed by atoms with E-state index < -0.39 is 11.6 Å². The van der Waals surface area contributed by atoms with Crippen LogP contribution in [-0.2, 0) is 16.1 Å². The molecule has 1 aliphatic carbocycles. The van der Waals surface area contributed by atoms with Crippen molar-refractivity contribution >= 4 is 34.9 Å². The second-order valence-electron chi connectivity index (χ2n) is 11.6. The molecular weight excluding hydrogens is 556 g/mol. The Hall–Kier alpha value is -3.74. The number of ether oxygens (including phenoxy) is 2. The summed E-state index contributed by atoms with van der Waals surface area (Å²) in [4.78, 5) is 34.2. The number of thiazole rings is 1. The highest BCUT2D eigenvalue weighted by Gasteiger charge is 2.27. The van der Waals surface area contributed by atoms with Crippen molar-refractivity contribution in [2.75, 3.05) is 10.5 Å². The number of pyridine rings is 1. The van der Waals surface area contributed by atoms with Gasteiger partial charge >= 0.3 is 12.2 Å². The normalized spacial score (nSPS) is 17.0. The second kappa shape index (κ2) is 14.0. The molecule has 42 heavy (non-hydrogen) atoms. The molecule has 2 aromatic heterocycles. The number of hydrazine groups is 1. The van der Waals surface area contributed by atoms with Crippen molar-refractivity contribution in [2.24, 2.45) is 0 Å². The lowest BCUT2D eigenvalue weighted by molar-refractivity contribution is 0.109. The van der Waals surface area contributed by atoms with E-state index in [1.807, 2.05) is 52.9 Å². The zero-order valence-electron chi connectivity index (χ0n) is 24.7. The lowest BCUT2D eigenvalue weighted by atomic mass is 9.86. The Morgan fingerprint density at radius 1 is 1.10 bits per heavy atom. The van der Waals surface area contributed by atoms with Crippen LogP contribution >= 0.6 is 11.3 Å². The summed E-state index contributed by atoms with van der Waals surface area (Å²) in [5, 5.41) is 18.7. The molecule has 1 aliphatic rings. The molecule has 1 saturated carbocycles. The Morgan fingerprint density at radius 3 is 2.52 bits per heavy atom. The SMILES string of the molecule is CC(C)OC(=O)N[C@H]1CC[C@H](c2ncc(-c3ccc(NC(=O)OCc4ccccn4)cc3N(O)NC(C)(C)C)s2)CC1. The molecule has 226 valence electrons. The van der Waals surface area contributed by atoms with Gasteiger partial charge in [0.1, 0.15) is 6.61 Å². The molecule has 0 radical (unpaired) electrons. The molecule has 2 amide bonds. The zero-order chi connectivity index (χ0) is 30.3. The van der Waals surface area contributed by atoms with Crippen LogP contribution in [0.2, 0.25) is 0 Å². The summed E-state index contributed by atoms with van der Waals surface area (Å²) >= 11 is 1.58. The molecular formula is C30H40N6O5S. The summed E-state index contributed by atoms with van der Waals surface area (Å²) in [6.45, 7) is 9.52. The third kappa shape index (κ3) is 9.13. The van der Waals surface area contributed by atoms with Crippen molar-refractivity contribution in [2.45, 2.75) is 90.5 Å². The van der Waals surface area contributed by atoms with Crippen molar-refractivity contribution in [1.82, 2.24) is 20.7 Å². The van der Waals surface area contributed by atoms with E-state index in [1.54, 1.807) is 41.8 Å². The van der Waals surface area contributed by atoms with E-state index in [9.17, 15) is 14.8 Å². The molecule has 0 unspecified atom stereocenters. The number of rotatable bonds is 9. The van der Waals surface area contributed by atoms with Crippen LogP contribution in [0.25, 0.3) is 10.4 Å². The Bertz CT molecular complexity index is 1340. The van der Waals surface area contributed by atoms with E-state index in [0.717, 1.165) is 46.3 Å². The molecule has 1 fully saturated rings. The fourth-order valence-corrected chi connectivity index (χ4v) is 5.77. The molecule has 0 spiro atoms. The van der Waals surface area contributed by atoms with Crippen molar-refractivity contribution < 1.29 is 24.3 Å². The monoisotopic (exact) mass is 596 g/mol. The van der Waals surface area contributed by atoms with Crippen LogP contribution in [0.3, 0.4) is 0 Å². The van der Waals surface area contributed by atoms with Crippen molar-refractivity contribution in [3.63, 3.8) is 0 Å². The molecule has 11 nitrogen and oxygen atoms in total. The first kappa shape index (κ1) is 31.2. The summed E-state index contributed by atoms with van der Waals surface area (Å²) in [5.74, 6) is 0.291. The van der Waals surface area contributed by atoms with Gasteiger partial charge in [-0.1, -0.05) is 6.07 Å². The van der Waals surface area contributed by atoms with Crippen LogP contribution in [0.1, 0.15) is 76.9 Å². The molecule has 0 saturated heterocycles. The highest BCUT2D eigenvalue weighted by Crippen LogP contribution is 2.41. The van der Waals surface area contributed by atoms with Gasteiger partial charge in [0.2, 0.25) is 0 Å². The van der Waals surface area contributed by atoms with Gasteiger partial charge in [-0.25, -0.2) is 20.0 Å². The predicted octanol–water partition coefficient (Wildman–Crippen LogP) is 6.61. The molecule has 12 heteroatoms. The second-order valence-corrected chi connectivity index (χ2v) is 12.7. The standard InChI is InChI=1S/C30H40N6O5S/c1-19(2)41-29(38)33-21-11-9-20(10-12-21)27-32-17-26(42-27)24-14-13-22(16-25(24)36(39)35-30(3,4)5)34-28(37)40-18-23-8-6-7-15-31-23/h6-8,13-17,19-21,35,39H,9-12,18H2,1-5H3,(H,33,38)(H,34,37)/t20-,21-. The van der Waals surface area contributed by atoms with Crippen molar-refractivity contribution in [1.29, 1.82) is 0 Å². The van der Waals surface area contributed by atoms with E-state index in [2.05, 4.69) is 21.0 Å². The Balaban J connectivity index is 1.46. The molecule has 0 aliphatic heterocycles. The van der Waals surface area contributed by atoms with Crippen LogP contribution < -0.4 is 21.2 Å². The maximum Gasteiger partial charge on any atom is 0.412 e. The van der Waals surface area contributed by atoms with Gasteiger partial charge in [-0.2, -0.15) is 5.17 Å². The third-order valence-corrected chi connectivity index (χ3v) is 7.71. The number of amides is 2. The highest BCUT2D eigenvalue weighted by molar-refractivity contribution is 7.15. The lowest BCUT2D eigenvalue weighted by Gasteiger charge is -2.29. The van der Waals surface area contributed by atoms with Gasteiger partial charge in [0.25, 0.3) is 0 Å². The summed E-state index contributed by atoms with van der Waals surface area (Å²) < 4.78 is 10.5. The van der Waals surface area contributed by atoms with E-state index in [0.29, 0.717) is 23.0 Å². The van der Waals surface area contributed by atoms with Crippen molar-refractivity contribution in [3.05, 3.63) is 59.5 Å². The number of hydrogen-bond acceptors (Lipinski definition) is 10. The van der Waals surface area contributed by atoms with Crippen LogP contribution in [0.4, 0.5) is 21.0 Å². The van der Waals surface area contributed by atoms with Gasteiger partial charge in [0.05, 0.1) is 27.4 Å². The van der Waals surface area contributed by atoms with E-state index in [1.165, 1.54) is 0 Å². The first-order chi connectivity index (χ1) is 20.0. The number of nitrogens with one attached hydrogen (secondary N) is 3. The average molecular weight is 597 g/mol. The topological polar surface area (TPSA) is 138 Å². The number of alkyl carbamates (subject to hydrolysis) is 1. The Labute approximate surface area is 250 Å². The summed E-state index contributed by atoms with van der Waals surface area (Å²) in [7, 11) is 0. The minimum Gasteiger partial charge on any atom is -0.447 e.